The molecule has 4 saturated heterocycles. The van der Waals surface area contributed by atoms with Gasteiger partial charge < -0.3 is 34.7 Å². The number of esters is 2. The van der Waals surface area contributed by atoms with Crippen LogP contribution in [0.4, 0.5) is 0 Å². The first-order valence-corrected chi connectivity index (χ1v) is 24.1. The lowest BCUT2D eigenvalue weighted by molar-refractivity contribution is -0.156. The normalized spacial score (nSPS) is 15.4. The lowest BCUT2D eigenvalue weighted by Gasteiger charge is -2.39. The smallest absolute Gasteiger partial charge is 0.310 e. The Balaban J connectivity index is 0.000000171. The predicted octanol–water partition coefficient (Wildman–Crippen LogP) is 7.34. The van der Waals surface area contributed by atoms with Crippen LogP contribution in [-0.2, 0) is 19.1 Å². The van der Waals surface area contributed by atoms with E-state index in [0.29, 0.717) is 79.3 Å². The molecule has 3 N–H and O–H groups in total. The summed E-state index contributed by atoms with van der Waals surface area (Å²) in [5, 5.41) is 21.2. The van der Waals surface area contributed by atoms with Crippen LogP contribution in [0, 0.1) is 50.4 Å². The molecule has 0 atom stereocenters. The molecule has 16 nitrogen and oxygen atoms in total. The summed E-state index contributed by atoms with van der Waals surface area (Å²) in [4.78, 5) is 79.5. The molecule has 0 unspecified atom stereocenters. The Kier molecular flexibility index (Phi) is 14.9. The van der Waals surface area contributed by atoms with Gasteiger partial charge in [-0.2, -0.15) is 10.5 Å². The summed E-state index contributed by atoms with van der Waals surface area (Å²) in [6.07, 6.45) is 0. The summed E-state index contributed by atoms with van der Waals surface area (Å²) in [6.45, 7) is 18.1. The van der Waals surface area contributed by atoms with E-state index in [1.807, 2.05) is 120 Å². The van der Waals surface area contributed by atoms with Gasteiger partial charge in [-0.1, -0.05) is 36.4 Å². The van der Waals surface area contributed by atoms with Gasteiger partial charge in [0.15, 0.2) is 0 Å². The Morgan fingerprint density at radius 2 is 0.931 bits per heavy atom. The van der Waals surface area contributed by atoms with Gasteiger partial charge in [-0.3, -0.25) is 24.0 Å². The molecule has 4 fully saturated rings. The van der Waals surface area contributed by atoms with E-state index >= 15 is 0 Å². The second-order valence-corrected chi connectivity index (χ2v) is 19.1. The molecule has 0 spiro atoms. The van der Waals surface area contributed by atoms with E-state index in [9.17, 15) is 24.0 Å². The van der Waals surface area contributed by atoms with E-state index in [0.717, 1.165) is 75.3 Å². The van der Waals surface area contributed by atoms with Crippen LogP contribution >= 0.6 is 0 Å². The number of aromatic amines is 2. The molecule has 4 aliphatic rings. The van der Waals surface area contributed by atoms with Crippen molar-refractivity contribution in [2.45, 2.75) is 72.1 Å². The fourth-order valence-corrected chi connectivity index (χ4v) is 9.23. The third-order valence-corrected chi connectivity index (χ3v) is 13.8. The maximum absolute atomic E-state index is 13.2. The summed E-state index contributed by atoms with van der Waals surface area (Å²) in [5.41, 5.74) is 13.0. The third kappa shape index (κ3) is 11.0. The highest BCUT2D eigenvalue weighted by Gasteiger charge is 2.35. The molecule has 0 radical (unpaired) electrons. The minimum Gasteiger partial charge on any atom is -0.394 e. The van der Waals surface area contributed by atoms with Gasteiger partial charge >= 0.3 is 11.9 Å². The topological polar surface area (TPSA) is 221 Å². The number of hydrogen-bond acceptors (Lipinski definition) is 11. The second-order valence-electron chi connectivity index (χ2n) is 19.1. The molecule has 2 aromatic heterocycles. The molecule has 10 rings (SSSR count). The number of amides is 3. The van der Waals surface area contributed by atoms with Crippen LogP contribution in [0.3, 0.4) is 0 Å². The van der Waals surface area contributed by atoms with Crippen molar-refractivity contribution in [3.8, 4) is 34.7 Å². The Labute approximate surface area is 419 Å². The number of nitrogens with one attached hydrogen (secondary N) is 3. The summed E-state index contributed by atoms with van der Waals surface area (Å²) in [6, 6.07) is 31.3. The summed E-state index contributed by atoms with van der Waals surface area (Å²) >= 11 is 0. The van der Waals surface area contributed by atoms with Crippen LogP contribution in [0.1, 0.15) is 122 Å². The molecule has 0 saturated carbocycles. The minimum absolute atomic E-state index is 0.0238. The Bertz CT molecular complexity index is 3110. The molecule has 3 amide bonds. The average molecular weight is 967 g/mol. The van der Waals surface area contributed by atoms with Gasteiger partial charge in [0, 0.05) is 125 Å². The molecule has 4 aromatic carbocycles. The number of hydrogen-bond donors (Lipinski definition) is 3. The maximum atomic E-state index is 13.2. The number of carbonyl (C=O) groups is 5. The number of H-pyrrole nitrogens is 2. The zero-order chi connectivity index (χ0) is 51.4. The highest BCUT2D eigenvalue weighted by Crippen LogP contribution is 2.35. The molecule has 6 aromatic rings. The molecule has 0 bridgehead atoms. The van der Waals surface area contributed by atoms with E-state index in [1.54, 1.807) is 6.92 Å². The van der Waals surface area contributed by atoms with E-state index in [2.05, 4.69) is 39.1 Å². The fourth-order valence-electron chi connectivity index (χ4n) is 9.23. The molecular formula is C56H58N10O6. The molecule has 368 valence electrons. The number of carbonyl (C=O) groups excluding carboxylic acids is 5. The van der Waals surface area contributed by atoms with E-state index in [1.165, 1.54) is 19.4 Å². The number of nitriles is 2. The van der Waals surface area contributed by atoms with Crippen molar-refractivity contribution in [2.75, 3.05) is 52.4 Å². The van der Waals surface area contributed by atoms with Gasteiger partial charge in [-0.05, 0) is 98.5 Å². The van der Waals surface area contributed by atoms with Gasteiger partial charge in [0.05, 0.1) is 40.6 Å². The van der Waals surface area contributed by atoms with Crippen LogP contribution in [0.25, 0.3) is 22.5 Å². The van der Waals surface area contributed by atoms with Gasteiger partial charge in [-0.25, -0.2) is 9.97 Å². The highest BCUT2D eigenvalue weighted by atomic mass is 16.6. The SMILES string of the molecule is CC(=O)N1CC(c2nc(-c3cc(C(=O)N4CC(c5ccc(C#N)cc5)C4)ccc3C)c(C)[nH]2)C1.CC(=O)OC(C)=O.Cc1ccc(C(=O)N2CC(c3ccc(C#N)cc3)C2)cc1-c1nc(C2CNC2)[nH]c1C. The van der Waals surface area contributed by atoms with Crippen molar-refractivity contribution in [3.05, 3.63) is 152 Å². The first-order valence-electron chi connectivity index (χ1n) is 24.1. The van der Waals surface area contributed by atoms with Gasteiger partial charge in [0.1, 0.15) is 11.6 Å². The Morgan fingerprint density at radius 3 is 1.26 bits per heavy atom. The van der Waals surface area contributed by atoms with E-state index in [4.69, 9.17) is 20.5 Å². The fraction of sp³-hybridized carbons (Fsp3) is 0.339. The van der Waals surface area contributed by atoms with E-state index < -0.39 is 11.9 Å². The van der Waals surface area contributed by atoms with Crippen LogP contribution in [0.5, 0.6) is 0 Å². The third-order valence-electron chi connectivity index (χ3n) is 13.8. The largest absolute Gasteiger partial charge is 0.394 e. The second kappa shape index (κ2) is 21.4. The average Bonchev–Trinajstić information content (AvgIpc) is 3.85. The standard InChI is InChI=1S/C27H27N5O2.C25H25N5O.C4H6O3/c1-16-4-7-21(27(34)32-12-22(13-32)20-8-5-19(11-28)6-9-20)10-24(16)25-17(2)29-26(30-25)23-14-31(15-23)18(3)33;1-15-3-6-19(9-22(15)23-16(2)28-24(29-23)20-11-27-12-20)25(31)30-13-21(14-30)18-7-4-17(10-26)5-8-18;1-3(5)7-4(2)6/h4-10,22-23H,12-15H2,1-3H3,(H,29,30);3-9,20-21,27H,11-14H2,1-2H3,(H,28,29);1-2H3. The number of aryl methyl sites for hydroxylation is 4. The summed E-state index contributed by atoms with van der Waals surface area (Å²) in [5.74, 6) is 2.26. The Morgan fingerprint density at radius 1 is 0.542 bits per heavy atom. The lowest BCUT2D eigenvalue weighted by Crippen LogP contribution is -2.48. The maximum Gasteiger partial charge on any atom is 0.310 e. The minimum atomic E-state index is -0.562. The van der Waals surface area contributed by atoms with Crippen molar-refractivity contribution in [3.63, 3.8) is 0 Å². The van der Waals surface area contributed by atoms with Crippen molar-refractivity contribution in [1.29, 1.82) is 10.5 Å². The zero-order valence-corrected chi connectivity index (χ0v) is 41.6. The number of benzene rings is 4. The van der Waals surface area contributed by atoms with Gasteiger partial charge in [0.2, 0.25) is 5.91 Å². The van der Waals surface area contributed by atoms with Crippen LogP contribution in [0.15, 0.2) is 84.9 Å². The number of ether oxygens (including phenoxy) is 1. The zero-order valence-electron chi connectivity index (χ0n) is 41.6. The monoisotopic (exact) mass is 966 g/mol. The predicted molar refractivity (Wildman–Crippen MR) is 270 cm³/mol. The summed E-state index contributed by atoms with van der Waals surface area (Å²) in [7, 11) is 0. The molecule has 72 heavy (non-hydrogen) atoms. The van der Waals surface area contributed by atoms with Gasteiger partial charge in [0.25, 0.3) is 11.8 Å². The van der Waals surface area contributed by atoms with Crippen LogP contribution in [0.2, 0.25) is 0 Å². The first-order chi connectivity index (χ1) is 34.5. The summed E-state index contributed by atoms with van der Waals surface area (Å²) < 4.78 is 3.97. The molecular weight excluding hydrogens is 909 g/mol. The molecule has 4 aliphatic heterocycles. The number of rotatable bonds is 8. The number of likely N-dealkylation sites (tertiary alicyclic amines) is 3. The first kappa shape index (κ1) is 50.2. The highest BCUT2D eigenvalue weighted by molar-refractivity contribution is 5.97. The number of nitrogens with zero attached hydrogens (tertiary/aromatic N) is 7. The van der Waals surface area contributed by atoms with Gasteiger partial charge in [-0.15, -0.1) is 0 Å². The quantitative estimate of drug-likeness (QED) is 0.101. The molecule has 0 aliphatic carbocycles. The molecule has 6 heterocycles. The van der Waals surface area contributed by atoms with Crippen LogP contribution < -0.4 is 5.32 Å². The van der Waals surface area contributed by atoms with E-state index in [-0.39, 0.29) is 23.6 Å². The Hall–Kier alpha value is -8.21. The number of aromatic nitrogens is 4. The van der Waals surface area contributed by atoms with Crippen LogP contribution in [-0.4, -0.2) is 117 Å². The van der Waals surface area contributed by atoms with Crippen molar-refractivity contribution >= 4 is 29.7 Å². The van der Waals surface area contributed by atoms with Crippen molar-refractivity contribution in [1.82, 2.24) is 40.0 Å². The van der Waals surface area contributed by atoms with Crippen molar-refractivity contribution in [2.24, 2.45) is 0 Å². The lowest BCUT2D eigenvalue weighted by atomic mass is 9.90. The molecule has 16 heteroatoms. The number of imidazole rings is 2. The van der Waals surface area contributed by atoms with Crippen molar-refractivity contribution < 1.29 is 28.7 Å².